The summed E-state index contributed by atoms with van der Waals surface area (Å²) in [6.07, 6.45) is 4.12. The van der Waals surface area contributed by atoms with Crippen molar-refractivity contribution >= 4 is 5.96 Å². The fraction of sp³-hybridized carbons (Fsp3) is 0.909. The first-order chi connectivity index (χ1) is 7.69. The number of ether oxygens (including phenoxy) is 1. The third kappa shape index (κ3) is 3.09. The fourth-order valence-electron chi connectivity index (χ4n) is 2.26. The first-order valence-electron chi connectivity index (χ1n) is 6.03. The maximum absolute atomic E-state index is 5.91. The molecule has 16 heavy (non-hydrogen) atoms. The van der Waals surface area contributed by atoms with Gasteiger partial charge in [0.2, 0.25) is 5.96 Å². The molecular weight excluding hydrogens is 204 g/mol. The number of aliphatic imine (C=N–C) groups is 1. The number of nitrogens with one attached hydrogen (secondary N) is 2. The van der Waals surface area contributed by atoms with Gasteiger partial charge in [0.15, 0.2) is 0 Å². The molecule has 0 saturated carbocycles. The van der Waals surface area contributed by atoms with Crippen LogP contribution in [0.5, 0.6) is 0 Å². The molecule has 1 aliphatic rings. The van der Waals surface area contributed by atoms with Gasteiger partial charge >= 0.3 is 0 Å². The van der Waals surface area contributed by atoms with E-state index in [4.69, 9.17) is 10.6 Å². The number of nitrogens with zero attached hydrogens (tertiary/aromatic N) is 1. The maximum atomic E-state index is 5.91. The Morgan fingerprint density at radius 1 is 1.50 bits per heavy atom. The van der Waals surface area contributed by atoms with Crippen LogP contribution >= 0.6 is 0 Å². The minimum absolute atomic E-state index is 0.0311. The van der Waals surface area contributed by atoms with Gasteiger partial charge in [-0.1, -0.05) is 13.8 Å². The standard InChI is InChI=1S/C11H24N4O/c1-4-11(5-2)8-9(6-7-16-11)14-10(13-3)15-12/h9H,4-8,12H2,1-3H3,(H2,13,14,15). The van der Waals surface area contributed by atoms with Crippen molar-refractivity contribution in [1.29, 1.82) is 0 Å². The molecular formula is C11H24N4O. The van der Waals surface area contributed by atoms with Crippen molar-refractivity contribution < 1.29 is 4.74 Å². The van der Waals surface area contributed by atoms with Crippen LogP contribution in [0.1, 0.15) is 39.5 Å². The zero-order valence-electron chi connectivity index (χ0n) is 10.5. The van der Waals surface area contributed by atoms with Gasteiger partial charge in [-0.15, -0.1) is 0 Å². The van der Waals surface area contributed by atoms with E-state index >= 15 is 0 Å². The SMILES string of the molecule is CCC1(CC)CC(NC(=NC)NN)CCO1. The molecule has 1 rings (SSSR count). The molecule has 5 heteroatoms. The minimum atomic E-state index is 0.0311. The van der Waals surface area contributed by atoms with E-state index in [1.54, 1.807) is 7.05 Å². The van der Waals surface area contributed by atoms with Gasteiger partial charge in [0.05, 0.1) is 5.60 Å². The van der Waals surface area contributed by atoms with E-state index in [1.807, 2.05) is 0 Å². The van der Waals surface area contributed by atoms with Crippen LogP contribution in [-0.4, -0.2) is 31.3 Å². The molecule has 0 radical (unpaired) electrons. The highest BCUT2D eigenvalue weighted by Crippen LogP contribution is 2.31. The zero-order valence-corrected chi connectivity index (χ0v) is 10.5. The minimum Gasteiger partial charge on any atom is -0.375 e. The number of hydrogen-bond donors (Lipinski definition) is 3. The van der Waals surface area contributed by atoms with Crippen molar-refractivity contribution in [2.75, 3.05) is 13.7 Å². The second-order valence-electron chi connectivity index (χ2n) is 4.29. The van der Waals surface area contributed by atoms with Gasteiger partial charge in [-0.3, -0.25) is 10.4 Å². The molecule has 0 aliphatic carbocycles. The second kappa shape index (κ2) is 6.06. The van der Waals surface area contributed by atoms with Crippen LogP contribution < -0.4 is 16.6 Å². The highest BCUT2D eigenvalue weighted by molar-refractivity contribution is 5.79. The lowest BCUT2D eigenvalue weighted by molar-refractivity contribution is -0.0910. The van der Waals surface area contributed by atoms with Gasteiger partial charge in [-0.05, 0) is 25.7 Å². The number of nitrogens with two attached hydrogens (primary N) is 1. The normalized spacial score (nSPS) is 25.2. The molecule has 1 aliphatic heterocycles. The van der Waals surface area contributed by atoms with E-state index in [-0.39, 0.29) is 5.60 Å². The van der Waals surface area contributed by atoms with Gasteiger partial charge in [0.25, 0.3) is 0 Å². The lowest BCUT2D eigenvalue weighted by atomic mass is 9.86. The van der Waals surface area contributed by atoms with Crippen LogP contribution in [0.3, 0.4) is 0 Å². The molecule has 0 aromatic heterocycles. The lowest BCUT2D eigenvalue weighted by Gasteiger charge is -2.40. The molecule has 1 heterocycles. The topological polar surface area (TPSA) is 71.7 Å². The van der Waals surface area contributed by atoms with E-state index < -0.39 is 0 Å². The van der Waals surface area contributed by atoms with Crippen molar-refractivity contribution in [3.8, 4) is 0 Å². The summed E-state index contributed by atoms with van der Waals surface area (Å²) in [5, 5.41) is 3.31. The van der Waals surface area contributed by atoms with Crippen molar-refractivity contribution in [2.24, 2.45) is 10.8 Å². The molecule has 1 fully saturated rings. The number of hydrogen-bond acceptors (Lipinski definition) is 3. The van der Waals surface area contributed by atoms with E-state index in [0.717, 1.165) is 32.3 Å². The van der Waals surface area contributed by atoms with Gasteiger partial charge in [0, 0.05) is 19.7 Å². The Kier molecular flexibility index (Phi) is 5.02. The monoisotopic (exact) mass is 228 g/mol. The summed E-state index contributed by atoms with van der Waals surface area (Å²) in [5.41, 5.74) is 2.59. The summed E-state index contributed by atoms with van der Waals surface area (Å²) in [6, 6.07) is 0.392. The van der Waals surface area contributed by atoms with E-state index in [2.05, 4.69) is 29.6 Å². The summed E-state index contributed by atoms with van der Waals surface area (Å²) in [7, 11) is 1.72. The Balaban J connectivity index is 2.56. The molecule has 5 nitrogen and oxygen atoms in total. The molecule has 0 amide bonds. The van der Waals surface area contributed by atoms with Crippen LogP contribution in [0.25, 0.3) is 0 Å². The Morgan fingerprint density at radius 3 is 2.69 bits per heavy atom. The van der Waals surface area contributed by atoms with E-state index in [9.17, 15) is 0 Å². The summed E-state index contributed by atoms with van der Waals surface area (Å²) in [6.45, 7) is 5.17. The summed E-state index contributed by atoms with van der Waals surface area (Å²) < 4.78 is 5.91. The van der Waals surface area contributed by atoms with Crippen molar-refractivity contribution in [2.45, 2.75) is 51.2 Å². The Morgan fingerprint density at radius 2 is 2.19 bits per heavy atom. The molecule has 94 valence electrons. The third-order valence-electron chi connectivity index (χ3n) is 3.48. The first-order valence-corrected chi connectivity index (χ1v) is 6.03. The maximum Gasteiger partial charge on any atom is 0.205 e. The van der Waals surface area contributed by atoms with Crippen LogP contribution in [0, 0.1) is 0 Å². The molecule has 0 spiro atoms. The average molecular weight is 228 g/mol. The molecule has 0 aromatic carbocycles. The summed E-state index contributed by atoms with van der Waals surface area (Å²) >= 11 is 0. The fourth-order valence-corrected chi connectivity index (χ4v) is 2.26. The lowest BCUT2D eigenvalue weighted by Crippen LogP contribution is -2.52. The van der Waals surface area contributed by atoms with Crippen molar-refractivity contribution in [1.82, 2.24) is 10.7 Å². The van der Waals surface area contributed by atoms with Crippen molar-refractivity contribution in [3.63, 3.8) is 0 Å². The Bertz CT molecular complexity index is 238. The van der Waals surface area contributed by atoms with Gasteiger partial charge < -0.3 is 10.1 Å². The Hall–Kier alpha value is -0.810. The van der Waals surface area contributed by atoms with Gasteiger partial charge in [-0.2, -0.15) is 0 Å². The predicted molar refractivity (Wildman–Crippen MR) is 66.1 cm³/mol. The highest BCUT2D eigenvalue weighted by atomic mass is 16.5. The van der Waals surface area contributed by atoms with E-state index in [0.29, 0.717) is 12.0 Å². The highest BCUT2D eigenvalue weighted by Gasteiger charge is 2.34. The number of hydrazine groups is 1. The summed E-state index contributed by atoms with van der Waals surface area (Å²) in [4.78, 5) is 4.03. The van der Waals surface area contributed by atoms with Crippen LogP contribution in [0.15, 0.2) is 4.99 Å². The molecule has 1 atom stereocenters. The largest absolute Gasteiger partial charge is 0.375 e. The third-order valence-corrected chi connectivity index (χ3v) is 3.48. The molecule has 0 aromatic rings. The zero-order chi connectivity index (χ0) is 12.0. The molecule has 1 unspecified atom stereocenters. The molecule has 4 N–H and O–H groups in total. The Labute approximate surface area is 97.8 Å². The first kappa shape index (κ1) is 13.3. The predicted octanol–water partition coefficient (Wildman–Crippen LogP) is 0.763. The van der Waals surface area contributed by atoms with Gasteiger partial charge in [0.1, 0.15) is 0 Å². The number of rotatable bonds is 3. The van der Waals surface area contributed by atoms with E-state index in [1.165, 1.54) is 0 Å². The quantitative estimate of drug-likeness (QED) is 0.289. The molecule has 1 saturated heterocycles. The van der Waals surface area contributed by atoms with Crippen LogP contribution in [0.2, 0.25) is 0 Å². The van der Waals surface area contributed by atoms with Crippen LogP contribution in [-0.2, 0) is 4.74 Å². The van der Waals surface area contributed by atoms with Crippen molar-refractivity contribution in [3.05, 3.63) is 0 Å². The smallest absolute Gasteiger partial charge is 0.205 e. The van der Waals surface area contributed by atoms with Gasteiger partial charge in [-0.25, -0.2) is 5.84 Å². The second-order valence-corrected chi connectivity index (χ2v) is 4.29. The summed E-state index contributed by atoms with van der Waals surface area (Å²) in [5.74, 6) is 6.00. The average Bonchev–Trinajstić information content (AvgIpc) is 2.36. The number of guanidine groups is 1. The molecule has 0 bridgehead atoms. The van der Waals surface area contributed by atoms with Crippen LogP contribution in [0.4, 0.5) is 0 Å².